The van der Waals surface area contributed by atoms with Crippen LogP contribution in [0.4, 0.5) is 0 Å². The maximum absolute atomic E-state index is 4.02. The largest absolute Gasteiger partial charge is 1.00 e. The van der Waals surface area contributed by atoms with Gasteiger partial charge < -0.3 is 24.0 Å². The zero-order valence-electron chi connectivity index (χ0n) is 8.05. The lowest BCUT2D eigenvalue weighted by Crippen LogP contribution is -3.00. The first-order chi connectivity index (χ1) is 6.29. The fraction of sp³-hybridized carbons (Fsp3) is 0.222. The van der Waals surface area contributed by atoms with E-state index in [9.17, 15) is 0 Å². The molecule has 0 fully saturated rings. The van der Waals surface area contributed by atoms with E-state index in [2.05, 4.69) is 10.4 Å². The van der Waals surface area contributed by atoms with E-state index in [0.29, 0.717) is 0 Å². The van der Waals surface area contributed by atoms with Gasteiger partial charge in [0.25, 0.3) is 5.82 Å². The molecule has 1 aromatic heterocycles. The molecule has 4 nitrogen and oxygen atoms in total. The van der Waals surface area contributed by atoms with Gasteiger partial charge >= 0.3 is 0 Å². The number of rotatable bonds is 1. The van der Waals surface area contributed by atoms with Crippen molar-refractivity contribution in [2.45, 2.75) is 6.92 Å². The maximum atomic E-state index is 4.02. The molecule has 0 amide bonds. The van der Waals surface area contributed by atoms with Crippen LogP contribution in [0.5, 0.6) is 0 Å². The fourth-order valence-corrected chi connectivity index (χ4v) is 1.17. The molecule has 74 valence electrons. The molecule has 0 atom stereocenters. The Labute approximate surface area is 99.6 Å². The monoisotopic (exact) mass is 302 g/mol. The van der Waals surface area contributed by atoms with Crippen molar-refractivity contribution in [3.05, 3.63) is 36.2 Å². The lowest BCUT2D eigenvalue weighted by Gasteiger charge is -1.92. The molecule has 0 aliphatic carbocycles. The van der Waals surface area contributed by atoms with Crippen LogP contribution in [0.2, 0.25) is 0 Å². The van der Waals surface area contributed by atoms with Crippen LogP contribution in [0, 0.1) is 6.92 Å². The smallest absolute Gasteiger partial charge is 0.259 e. The summed E-state index contributed by atoms with van der Waals surface area (Å²) in [5.41, 5.74) is 1.04. The molecule has 1 aromatic carbocycles. The SMILES string of the molecule is Cc1n(-c2ccccc2)nn[n+]1C.[I-]. The average molecular weight is 302 g/mol. The second kappa shape index (κ2) is 4.50. The Kier molecular flexibility index (Phi) is 3.56. The molecule has 0 unspecified atom stereocenters. The van der Waals surface area contributed by atoms with Crippen molar-refractivity contribution in [2.24, 2.45) is 7.05 Å². The van der Waals surface area contributed by atoms with Crippen molar-refractivity contribution >= 4 is 0 Å². The number of halogens is 1. The Morgan fingerprint density at radius 2 is 1.86 bits per heavy atom. The van der Waals surface area contributed by atoms with E-state index in [4.69, 9.17) is 0 Å². The van der Waals surface area contributed by atoms with Crippen molar-refractivity contribution in [3.8, 4) is 5.69 Å². The molecule has 0 radical (unpaired) electrons. The Balaban J connectivity index is 0.000000980. The predicted molar refractivity (Wildman–Crippen MR) is 47.3 cm³/mol. The molecular weight excluding hydrogens is 291 g/mol. The first-order valence-electron chi connectivity index (χ1n) is 4.13. The van der Waals surface area contributed by atoms with Gasteiger partial charge in [-0.3, -0.25) is 0 Å². The van der Waals surface area contributed by atoms with Crippen molar-refractivity contribution in [1.82, 2.24) is 15.1 Å². The number of hydrogen-bond acceptors (Lipinski definition) is 2. The molecule has 0 N–H and O–H groups in total. The standard InChI is InChI=1S/C9H11N4.HI/c1-8-12(2)10-11-13(8)9-6-4-3-5-7-9;/h3-7H,1-2H3;1H/q+1;/p-1. The third kappa shape index (κ3) is 1.92. The van der Waals surface area contributed by atoms with E-state index in [-0.39, 0.29) is 24.0 Å². The van der Waals surface area contributed by atoms with Crippen LogP contribution in [-0.4, -0.2) is 15.1 Å². The third-order valence-corrected chi connectivity index (χ3v) is 2.04. The molecule has 2 aromatic rings. The number of tetrazole rings is 1. The van der Waals surface area contributed by atoms with Crippen LogP contribution in [0.3, 0.4) is 0 Å². The molecule has 0 saturated heterocycles. The van der Waals surface area contributed by atoms with Crippen LogP contribution in [0.25, 0.3) is 5.69 Å². The highest BCUT2D eigenvalue weighted by Gasteiger charge is 2.13. The highest BCUT2D eigenvalue weighted by atomic mass is 127. The van der Waals surface area contributed by atoms with Crippen LogP contribution < -0.4 is 28.7 Å². The Hall–Kier alpha value is -0.980. The van der Waals surface area contributed by atoms with Crippen molar-refractivity contribution in [3.63, 3.8) is 0 Å². The average Bonchev–Trinajstić information content (AvgIpc) is 2.49. The van der Waals surface area contributed by atoms with Gasteiger partial charge in [0.1, 0.15) is 10.9 Å². The normalized spacial score (nSPS) is 9.57. The summed E-state index contributed by atoms with van der Waals surface area (Å²) in [5.74, 6) is 1.01. The van der Waals surface area contributed by atoms with Crippen molar-refractivity contribution in [1.29, 1.82) is 0 Å². The highest BCUT2D eigenvalue weighted by molar-refractivity contribution is 5.29. The number of aryl methyl sites for hydroxylation is 1. The molecule has 0 bridgehead atoms. The zero-order valence-corrected chi connectivity index (χ0v) is 10.2. The third-order valence-electron chi connectivity index (χ3n) is 2.04. The Morgan fingerprint density at radius 3 is 2.36 bits per heavy atom. The Bertz CT molecular complexity index is 410. The molecule has 1 heterocycles. The molecule has 0 saturated carbocycles. The summed E-state index contributed by atoms with van der Waals surface area (Å²) in [6.45, 7) is 1.98. The minimum Gasteiger partial charge on any atom is -1.00 e. The van der Waals surface area contributed by atoms with E-state index in [1.807, 2.05) is 44.3 Å². The molecule has 14 heavy (non-hydrogen) atoms. The molecule has 2 rings (SSSR count). The van der Waals surface area contributed by atoms with Gasteiger partial charge in [-0.15, -0.1) is 4.68 Å². The van der Waals surface area contributed by atoms with Crippen molar-refractivity contribution in [2.75, 3.05) is 0 Å². The first-order valence-corrected chi connectivity index (χ1v) is 4.13. The lowest BCUT2D eigenvalue weighted by atomic mass is 10.3. The van der Waals surface area contributed by atoms with Crippen LogP contribution in [-0.2, 0) is 7.05 Å². The molecule has 5 heteroatoms. The first kappa shape index (κ1) is 11.1. The molecule has 0 aliphatic heterocycles. The lowest BCUT2D eigenvalue weighted by molar-refractivity contribution is -0.737. The van der Waals surface area contributed by atoms with Gasteiger partial charge in [0.05, 0.1) is 7.05 Å². The number of benzene rings is 1. The van der Waals surface area contributed by atoms with E-state index >= 15 is 0 Å². The predicted octanol–water partition coefficient (Wildman–Crippen LogP) is -2.60. The van der Waals surface area contributed by atoms with Gasteiger partial charge in [-0.25, -0.2) is 0 Å². The summed E-state index contributed by atoms with van der Waals surface area (Å²) in [6.07, 6.45) is 0. The highest BCUT2D eigenvalue weighted by Crippen LogP contribution is 2.04. The fourth-order valence-electron chi connectivity index (χ4n) is 1.17. The number of nitrogens with zero attached hydrogens (tertiary/aromatic N) is 4. The summed E-state index contributed by atoms with van der Waals surface area (Å²) in [7, 11) is 1.88. The van der Waals surface area contributed by atoms with Crippen molar-refractivity contribution < 1.29 is 28.7 Å². The van der Waals surface area contributed by atoms with Gasteiger partial charge in [0, 0.05) is 6.92 Å². The van der Waals surface area contributed by atoms with E-state index < -0.39 is 0 Å². The number of aromatic nitrogens is 4. The molecule has 0 spiro atoms. The quantitative estimate of drug-likeness (QED) is 0.428. The maximum Gasteiger partial charge on any atom is 0.259 e. The molecular formula is C9H11IN4. The minimum absolute atomic E-state index is 0. The van der Waals surface area contributed by atoms with Gasteiger partial charge in [0.2, 0.25) is 0 Å². The van der Waals surface area contributed by atoms with Gasteiger partial charge in [-0.2, -0.15) is 0 Å². The minimum atomic E-state index is 0. The van der Waals surface area contributed by atoms with E-state index in [0.717, 1.165) is 11.5 Å². The summed E-state index contributed by atoms with van der Waals surface area (Å²) in [5, 5.41) is 7.94. The number of para-hydroxylation sites is 1. The summed E-state index contributed by atoms with van der Waals surface area (Å²) in [4.78, 5) is 0. The van der Waals surface area contributed by atoms with E-state index in [1.54, 1.807) is 9.36 Å². The topological polar surface area (TPSA) is 34.6 Å². The van der Waals surface area contributed by atoms with E-state index in [1.165, 1.54) is 0 Å². The van der Waals surface area contributed by atoms with Crippen LogP contribution in [0.1, 0.15) is 5.82 Å². The second-order valence-electron chi connectivity index (χ2n) is 2.90. The van der Waals surface area contributed by atoms with Crippen LogP contribution in [0.15, 0.2) is 30.3 Å². The van der Waals surface area contributed by atoms with Crippen LogP contribution >= 0.6 is 0 Å². The molecule has 0 aliphatic rings. The summed E-state index contributed by atoms with van der Waals surface area (Å²) >= 11 is 0. The van der Waals surface area contributed by atoms with Gasteiger partial charge in [0.15, 0.2) is 5.21 Å². The second-order valence-corrected chi connectivity index (χ2v) is 2.90. The summed E-state index contributed by atoms with van der Waals surface area (Å²) in [6, 6.07) is 9.95. The summed E-state index contributed by atoms with van der Waals surface area (Å²) < 4.78 is 3.55. The van der Waals surface area contributed by atoms with Gasteiger partial charge in [-0.05, 0) is 12.1 Å². The zero-order chi connectivity index (χ0) is 9.26. The number of hydrogen-bond donors (Lipinski definition) is 0. The Morgan fingerprint density at radius 1 is 1.21 bits per heavy atom. The van der Waals surface area contributed by atoms with Gasteiger partial charge in [-0.1, -0.05) is 22.9 Å².